The second-order valence-corrected chi connectivity index (χ2v) is 5.62. The van der Waals surface area contributed by atoms with E-state index in [4.69, 9.17) is 22.3 Å². The van der Waals surface area contributed by atoms with E-state index in [0.717, 1.165) is 33.8 Å². The van der Waals surface area contributed by atoms with Crippen LogP contribution in [0.4, 0.5) is 0 Å². The van der Waals surface area contributed by atoms with Gasteiger partial charge in [-0.1, -0.05) is 54.3 Å². The van der Waals surface area contributed by atoms with E-state index in [2.05, 4.69) is 36.1 Å². The third-order valence-corrected chi connectivity index (χ3v) is 3.88. The van der Waals surface area contributed by atoms with Crippen molar-refractivity contribution in [2.45, 2.75) is 0 Å². The highest BCUT2D eigenvalue weighted by molar-refractivity contribution is 5.73. The van der Waals surface area contributed by atoms with Crippen molar-refractivity contribution >= 4 is 0 Å². The number of hydrogen-bond donors (Lipinski definition) is 0. The first-order valence-electron chi connectivity index (χ1n) is 8.23. The first kappa shape index (κ1) is 17.2. The van der Waals surface area contributed by atoms with Crippen molar-refractivity contribution in [3.63, 3.8) is 0 Å². The summed E-state index contributed by atoms with van der Waals surface area (Å²) in [5, 5.41) is 0. The molecule has 26 heavy (non-hydrogen) atoms. The van der Waals surface area contributed by atoms with E-state index in [-0.39, 0.29) is 13.2 Å². The molecule has 0 bridgehead atoms. The Morgan fingerprint density at radius 3 is 1.38 bits per heavy atom. The lowest BCUT2D eigenvalue weighted by atomic mass is 9.99. The summed E-state index contributed by atoms with van der Waals surface area (Å²) in [6.45, 7) is 0.547. The maximum Gasteiger partial charge on any atom is 0.148 e. The second kappa shape index (κ2) is 8.47. The summed E-state index contributed by atoms with van der Waals surface area (Å²) < 4.78 is 10.8. The summed E-state index contributed by atoms with van der Waals surface area (Å²) in [4.78, 5) is 0. The van der Waals surface area contributed by atoms with Gasteiger partial charge in [-0.15, -0.1) is 12.8 Å². The van der Waals surface area contributed by atoms with Crippen molar-refractivity contribution in [2.24, 2.45) is 0 Å². The van der Waals surface area contributed by atoms with Crippen LogP contribution < -0.4 is 9.47 Å². The number of rotatable bonds is 6. The van der Waals surface area contributed by atoms with Gasteiger partial charge in [-0.2, -0.15) is 0 Å². The van der Waals surface area contributed by atoms with Crippen LogP contribution >= 0.6 is 0 Å². The summed E-state index contributed by atoms with van der Waals surface area (Å²) in [7, 11) is 0. The molecule has 3 aromatic carbocycles. The molecule has 126 valence electrons. The molecule has 3 rings (SSSR count). The van der Waals surface area contributed by atoms with Gasteiger partial charge in [0.05, 0.1) is 0 Å². The van der Waals surface area contributed by atoms with Gasteiger partial charge in [-0.05, 0) is 52.6 Å². The molecule has 0 N–H and O–H groups in total. The highest BCUT2D eigenvalue weighted by Crippen LogP contribution is 2.28. The maximum atomic E-state index is 5.42. The lowest BCUT2D eigenvalue weighted by Crippen LogP contribution is -1.93. The molecule has 0 heterocycles. The lowest BCUT2D eigenvalue weighted by molar-refractivity contribution is 0.370. The molecule has 0 radical (unpaired) electrons. The quantitative estimate of drug-likeness (QED) is 0.586. The van der Waals surface area contributed by atoms with Crippen LogP contribution in [0, 0.1) is 24.7 Å². The van der Waals surface area contributed by atoms with Crippen molar-refractivity contribution in [3.8, 4) is 58.4 Å². The van der Waals surface area contributed by atoms with E-state index in [1.54, 1.807) is 0 Å². The predicted octanol–water partition coefficient (Wildman–Crippen LogP) is 5.04. The molecule has 0 aliphatic heterocycles. The van der Waals surface area contributed by atoms with E-state index in [1.165, 1.54) is 0 Å². The largest absolute Gasteiger partial charge is 0.481 e. The molecule has 0 saturated carbocycles. The van der Waals surface area contributed by atoms with Gasteiger partial charge in [0.2, 0.25) is 0 Å². The van der Waals surface area contributed by atoms with Gasteiger partial charge in [0.25, 0.3) is 0 Å². The standard InChI is InChI=1S/C24H18O2/c1-3-16-25-23-12-8-19(9-13-23)21-6-5-7-22(18-21)20-10-14-24(15-11-20)26-17-4-2/h1-2,5-15,18H,16-17H2. The molecule has 0 aromatic heterocycles. The minimum atomic E-state index is 0.274. The average molecular weight is 338 g/mol. The van der Waals surface area contributed by atoms with E-state index >= 15 is 0 Å². The minimum absolute atomic E-state index is 0.274. The molecule has 0 amide bonds. The van der Waals surface area contributed by atoms with E-state index < -0.39 is 0 Å². The number of benzene rings is 3. The Morgan fingerprint density at radius 1 is 0.577 bits per heavy atom. The van der Waals surface area contributed by atoms with E-state index in [9.17, 15) is 0 Å². The topological polar surface area (TPSA) is 18.5 Å². The smallest absolute Gasteiger partial charge is 0.148 e. The molecule has 0 unspecified atom stereocenters. The lowest BCUT2D eigenvalue weighted by Gasteiger charge is -2.08. The first-order valence-corrected chi connectivity index (χ1v) is 8.23. The molecule has 0 atom stereocenters. The zero-order chi connectivity index (χ0) is 18.2. The van der Waals surface area contributed by atoms with E-state index in [0.29, 0.717) is 0 Å². The molecule has 0 aliphatic carbocycles. The number of terminal acetylenes is 2. The van der Waals surface area contributed by atoms with Crippen molar-refractivity contribution in [2.75, 3.05) is 13.2 Å². The molecule has 2 nitrogen and oxygen atoms in total. The predicted molar refractivity (Wildman–Crippen MR) is 106 cm³/mol. The summed E-state index contributed by atoms with van der Waals surface area (Å²) in [5.74, 6) is 6.46. The molecule has 0 fully saturated rings. The zero-order valence-corrected chi connectivity index (χ0v) is 14.3. The normalized spacial score (nSPS) is 9.77. The SMILES string of the molecule is C#CCOc1ccc(-c2cccc(-c3ccc(OCC#C)cc3)c2)cc1. The van der Waals surface area contributed by atoms with Crippen LogP contribution in [0.5, 0.6) is 11.5 Å². The van der Waals surface area contributed by atoms with Gasteiger partial charge < -0.3 is 9.47 Å². The zero-order valence-electron chi connectivity index (χ0n) is 14.3. The molecule has 0 saturated heterocycles. The Kier molecular flexibility index (Phi) is 5.61. The van der Waals surface area contributed by atoms with Crippen LogP contribution in [0.25, 0.3) is 22.3 Å². The maximum absolute atomic E-state index is 5.42. The van der Waals surface area contributed by atoms with Crippen LogP contribution in [0.1, 0.15) is 0 Å². The molecule has 2 heteroatoms. The van der Waals surface area contributed by atoms with Crippen LogP contribution in [0.2, 0.25) is 0 Å². The van der Waals surface area contributed by atoms with Gasteiger partial charge >= 0.3 is 0 Å². The van der Waals surface area contributed by atoms with Crippen molar-refractivity contribution in [1.29, 1.82) is 0 Å². The van der Waals surface area contributed by atoms with Gasteiger partial charge in [-0.3, -0.25) is 0 Å². The first-order chi connectivity index (χ1) is 12.8. The van der Waals surface area contributed by atoms with Crippen LogP contribution in [-0.2, 0) is 0 Å². The van der Waals surface area contributed by atoms with Gasteiger partial charge in [0, 0.05) is 0 Å². The molecular weight excluding hydrogens is 320 g/mol. The summed E-state index contributed by atoms with van der Waals surface area (Å²) >= 11 is 0. The molecule has 3 aromatic rings. The monoisotopic (exact) mass is 338 g/mol. The Hall–Kier alpha value is -3.62. The Balaban J connectivity index is 1.80. The Labute approximate surface area is 154 Å². The number of ether oxygens (including phenoxy) is 2. The van der Waals surface area contributed by atoms with Crippen LogP contribution in [0.3, 0.4) is 0 Å². The fraction of sp³-hybridized carbons (Fsp3) is 0.0833. The minimum Gasteiger partial charge on any atom is -0.481 e. The van der Waals surface area contributed by atoms with Crippen LogP contribution in [-0.4, -0.2) is 13.2 Å². The highest BCUT2D eigenvalue weighted by atomic mass is 16.5. The van der Waals surface area contributed by atoms with Gasteiger partial charge in [0.1, 0.15) is 24.7 Å². The highest BCUT2D eigenvalue weighted by Gasteiger charge is 2.03. The number of hydrogen-bond acceptors (Lipinski definition) is 2. The summed E-state index contributed by atoms with van der Waals surface area (Å²) in [6, 6.07) is 24.2. The van der Waals surface area contributed by atoms with Crippen LogP contribution in [0.15, 0.2) is 72.8 Å². The molecular formula is C24H18O2. The second-order valence-electron chi connectivity index (χ2n) is 5.62. The van der Waals surface area contributed by atoms with Crippen molar-refractivity contribution in [3.05, 3.63) is 72.8 Å². The Morgan fingerprint density at radius 2 is 1.00 bits per heavy atom. The third kappa shape index (κ3) is 4.26. The van der Waals surface area contributed by atoms with Gasteiger partial charge in [0.15, 0.2) is 0 Å². The molecule has 0 spiro atoms. The average Bonchev–Trinajstić information content (AvgIpc) is 2.71. The molecule has 0 aliphatic rings. The van der Waals surface area contributed by atoms with Crippen molar-refractivity contribution < 1.29 is 9.47 Å². The fourth-order valence-electron chi connectivity index (χ4n) is 2.62. The third-order valence-electron chi connectivity index (χ3n) is 3.88. The Bertz CT molecular complexity index is 862. The summed E-state index contributed by atoms with van der Waals surface area (Å²) in [6.07, 6.45) is 10.4. The fourth-order valence-corrected chi connectivity index (χ4v) is 2.62. The van der Waals surface area contributed by atoms with Gasteiger partial charge in [-0.25, -0.2) is 0 Å². The van der Waals surface area contributed by atoms with Crippen molar-refractivity contribution in [1.82, 2.24) is 0 Å². The summed E-state index contributed by atoms with van der Waals surface area (Å²) in [5.41, 5.74) is 4.51. The van der Waals surface area contributed by atoms with E-state index in [1.807, 2.05) is 48.5 Å².